The monoisotopic (exact) mass is 375 g/mol. The maximum atomic E-state index is 12.9. The molecular weight excluding hydrogens is 354 g/mol. The Balaban J connectivity index is 0.00000208. The maximum absolute atomic E-state index is 12.9. The molecule has 0 radical (unpaired) electrons. The van der Waals surface area contributed by atoms with Gasteiger partial charge >= 0.3 is 0 Å². The largest absolute Gasteiger partial charge is 0.496 e. The highest BCUT2D eigenvalue weighted by molar-refractivity contribution is 7.89. The predicted octanol–water partition coefficient (Wildman–Crippen LogP) is 0.588. The zero-order valence-corrected chi connectivity index (χ0v) is 15.0. The number of benzene rings is 1. The highest BCUT2D eigenvalue weighted by atomic mass is 35.5. The molecule has 0 saturated carbocycles. The van der Waals surface area contributed by atoms with Crippen LogP contribution in [-0.4, -0.2) is 51.4 Å². The van der Waals surface area contributed by atoms with E-state index in [4.69, 9.17) is 10.5 Å². The molecule has 2 fully saturated rings. The molecule has 2 aliphatic rings. The lowest BCUT2D eigenvalue weighted by Gasteiger charge is -2.34. The zero-order chi connectivity index (χ0) is 16.6. The molecule has 2 unspecified atom stereocenters. The lowest BCUT2D eigenvalue weighted by atomic mass is 9.95. The van der Waals surface area contributed by atoms with E-state index in [9.17, 15) is 13.2 Å². The van der Waals surface area contributed by atoms with E-state index in [1.807, 2.05) is 0 Å². The molecule has 3 rings (SSSR count). The molecule has 2 atom stereocenters. The lowest BCUT2D eigenvalue weighted by molar-refractivity contribution is 0.0997. The van der Waals surface area contributed by atoms with Gasteiger partial charge in [-0.3, -0.25) is 4.79 Å². The van der Waals surface area contributed by atoms with Gasteiger partial charge in [0.1, 0.15) is 5.75 Å². The highest BCUT2D eigenvalue weighted by Gasteiger charge is 2.37. The van der Waals surface area contributed by atoms with Crippen LogP contribution in [0.1, 0.15) is 23.2 Å². The van der Waals surface area contributed by atoms with E-state index in [0.29, 0.717) is 25.0 Å². The van der Waals surface area contributed by atoms with Crippen molar-refractivity contribution < 1.29 is 17.9 Å². The molecule has 0 bridgehead atoms. The Morgan fingerprint density at radius 3 is 2.79 bits per heavy atom. The molecule has 2 heterocycles. The molecule has 134 valence electrons. The summed E-state index contributed by atoms with van der Waals surface area (Å²) in [4.78, 5) is 11.6. The first-order valence-corrected chi connectivity index (χ1v) is 9.09. The van der Waals surface area contributed by atoms with E-state index in [-0.39, 0.29) is 28.6 Å². The highest BCUT2D eigenvalue weighted by Crippen LogP contribution is 2.30. The Kier molecular flexibility index (Phi) is 5.74. The van der Waals surface area contributed by atoms with E-state index in [0.717, 1.165) is 19.4 Å². The van der Waals surface area contributed by atoms with Gasteiger partial charge in [-0.25, -0.2) is 8.42 Å². The molecule has 9 heteroatoms. The normalized spacial score (nSPS) is 24.0. The van der Waals surface area contributed by atoms with Crippen molar-refractivity contribution in [1.82, 2.24) is 9.62 Å². The summed E-state index contributed by atoms with van der Waals surface area (Å²) in [5.74, 6) is -0.0832. The van der Waals surface area contributed by atoms with E-state index >= 15 is 0 Å². The molecule has 7 nitrogen and oxygen atoms in total. The summed E-state index contributed by atoms with van der Waals surface area (Å²) < 4.78 is 32.3. The van der Waals surface area contributed by atoms with Crippen LogP contribution in [-0.2, 0) is 10.0 Å². The molecule has 2 aliphatic heterocycles. The number of piperidine rings is 1. The van der Waals surface area contributed by atoms with Crippen molar-refractivity contribution in [3.8, 4) is 5.75 Å². The number of hydrogen-bond acceptors (Lipinski definition) is 5. The Bertz CT molecular complexity index is 725. The summed E-state index contributed by atoms with van der Waals surface area (Å²) in [6.45, 7) is 1.93. The summed E-state index contributed by atoms with van der Waals surface area (Å²) in [6, 6.07) is 4.64. The molecule has 1 aromatic carbocycles. The van der Waals surface area contributed by atoms with Crippen molar-refractivity contribution in [3.63, 3.8) is 0 Å². The van der Waals surface area contributed by atoms with Gasteiger partial charge in [-0.1, -0.05) is 0 Å². The Labute approximate surface area is 148 Å². The third-order valence-corrected chi connectivity index (χ3v) is 6.55. The number of carbonyl (C=O) groups excluding carboxylic acids is 1. The number of ether oxygens (including phenoxy) is 1. The molecule has 0 aromatic heterocycles. The molecule has 0 spiro atoms. The first-order valence-electron chi connectivity index (χ1n) is 7.65. The minimum atomic E-state index is -3.64. The molecule has 1 aromatic rings. The Morgan fingerprint density at radius 2 is 2.12 bits per heavy atom. The number of nitrogens with two attached hydrogens (primary N) is 1. The van der Waals surface area contributed by atoms with Gasteiger partial charge in [0.15, 0.2) is 0 Å². The quantitative estimate of drug-likeness (QED) is 0.801. The minimum Gasteiger partial charge on any atom is -0.496 e. The summed E-state index contributed by atoms with van der Waals surface area (Å²) >= 11 is 0. The average Bonchev–Trinajstić information content (AvgIpc) is 3.01. The minimum absolute atomic E-state index is 0. The lowest BCUT2D eigenvalue weighted by Crippen LogP contribution is -2.46. The average molecular weight is 376 g/mol. The van der Waals surface area contributed by atoms with Crippen LogP contribution < -0.4 is 15.8 Å². The summed E-state index contributed by atoms with van der Waals surface area (Å²) in [5, 5.41) is 3.41. The van der Waals surface area contributed by atoms with Crippen LogP contribution in [0.3, 0.4) is 0 Å². The van der Waals surface area contributed by atoms with Gasteiger partial charge < -0.3 is 15.8 Å². The van der Waals surface area contributed by atoms with Crippen LogP contribution in [0.5, 0.6) is 5.75 Å². The first kappa shape index (κ1) is 19.0. The topological polar surface area (TPSA) is 102 Å². The standard InChI is InChI=1S/C15H21N3O4S.ClH/c1-22-14-3-2-11(8-12(14)15(16)19)23(20,21)18-7-5-13-10(9-18)4-6-17-13;/h2-3,8,10,13,17H,4-7,9H2,1H3,(H2,16,19);1H. The molecule has 3 N–H and O–H groups in total. The van der Waals surface area contributed by atoms with Crippen molar-refractivity contribution >= 4 is 28.3 Å². The molecule has 1 amide bonds. The predicted molar refractivity (Wildman–Crippen MR) is 92.0 cm³/mol. The Morgan fingerprint density at radius 1 is 1.38 bits per heavy atom. The van der Waals surface area contributed by atoms with Gasteiger partial charge in [0, 0.05) is 19.1 Å². The number of rotatable bonds is 4. The smallest absolute Gasteiger partial charge is 0.252 e. The molecular formula is C15H22ClN3O4S. The summed E-state index contributed by atoms with van der Waals surface area (Å²) in [6.07, 6.45) is 1.80. The summed E-state index contributed by atoms with van der Waals surface area (Å²) in [5.41, 5.74) is 5.39. The maximum Gasteiger partial charge on any atom is 0.252 e. The van der Waals surface area contributed by atoms with Gasteiger partial charge in [0.25, 0.3) is 5.91 Å². The zero-order valence-electron chi connectivity index (χ0n) is 13.4. The first-order chi connectivity index (χ1) is 10.9. The van der Waals surface area contributed by atoms with Crippen LogP contribution in [0, 0.1) is 5.92 Å². The fraction of sp³-hybridized carbons (Fsp3) is 0.533. The third-order valence-electron chi connectivity index (χ3n) is 4.69. The second-order valence-corrected chi connectivity index (χ2v) is 7.93. The van der Waals surface area contributed by atoms with Crippen LogP contribution in [0.15, 0.2) is 23.1 Å². The molecule has 2 saturated heterocycles. The number of fused-ring (bicyclic) bond motifs is 1. The van der Waals surface area contributed by atoms with Crippen molar-refractivity contribution in [3.05, 3.63) is 23.8 Å². The number of sulfonamides is 1. The van der Waals surface area contributed by atoms with Crippen molar-refractivity contribution in [2.24, 2.45) is 11.7 Å². The van der Waals surface area contributed by atoms with E-state index in [1.54, 1.807) is 0 Å². The number of methoxy groups -OCH3 is 1. The number of nitrogens with one attached hydrogen (secondary N) is 1. The van der Waals surface area contributed by atoms with E-state index in [2.05, 4.69) is 5.32 Å². The van der Waals surface area contributed by atoms with Crippen molar-refractivity contribution in [2.45, 2.75) is 23.8 Å². The summed E-state index contributed by atoms with van der Waals surface area (Å²) in [7, 11) is -2.23. The van der Waals surface area contributed by atoms with Gasteiger partial charge in [-0.15, -0.1) is 12.4 Å². The Hall–Kier alpha value is -1.35. The van der Waals surface area contributed by atoms with E-state index in [1.165, 1.54) is 29.6 Å². The fourth-order valence-corrected chi connectivity index (χ4v) is 4.96. The fourth-order valence-electron chi connectivity index (χ4n) is 3.42. The van der Waals surface area contributed by atoms with Crippen LogP contribution in [0.4, 0.5) is 0 Å². The van der Waals surface area contributed by atoms with Gasteiger partial charge in [0.05, 0.1) is 17.6 Å². The number of hydrogen-bond donors (Lipinski definition) is 2. The van der Waals surface area contributed by atoms with Gasteiger partial charge in [0.2, 0.25) is 10.0 Å². The number of primary amides is 1. The third kappa shape index (κ3) is 3.37. The van der Waals surface area contributed by atoms with Gasteiger partial charge in [-0.05, 0) is 43.5 Å². The van der Waals surface area contributed by atoms with Crippen molar-refractivity contribution in [1.29, 1.82) is 0 Å². The number of carbonyl (C=O) groups is 1. The molecule has 0 aliphatic carbocycles. The van der Waals surface area contributed by atoms with Gasteiger partial charge in [-0.2, -0.15) is 4.31 Å². The van der Waals surface area contributed by atoms with Crippen LogP contribution >= 0.6 is 12.4 Å². The van der Waals surface area contributed by atoms with Crippen LogP contribution in [0.2, 0.25) is 0 Å². The molecule has 24 heavy (non-hydrogen) atoms. The number of halogens is 1. The van der Waals surface area contributed by atoms with Crippen LogP contribution in [0.25, 0.3) is 0 Å². The van der Waals surface area contributed by atoms with E-state index < -0.39 is 15.9 Å². The second kappa shape index (κ2) is 7.26. The SMILES string of the molecule is COc1ccc(S(=O)(=O)N2CCC3NCCC3C2)cc1C(N)=O.Cl. The number of nitrogens with zero attached hydrogens (tertiary/aromatic N) is 1. The van der Waals surface area contributed by atoms with Crippen molar-refractivity contribution in [2.75, 3.05) is 26.7 Å². The number of amides is 1. The second-order valence-electron chi connectivity index (χ2n) is 5.99.